The van der Waals surface area contributed by atoms with Crippen LogP contribution < -0.4 is 15.2 Å². The maximum absolute atomic E-state index is 6.42. The minimum Gasteiger partial charge on any atom is -0.495 e. The number of nitrogens with two attached hydrogens (primary N) is 1. The van der Waals surface area contributed by atoms with Gasteiger partial charge < -0.3 is 15.2 Å². The summed E-state index contributed by atoms with van der Waals surface area (Å²) in [5.41, 5.74) is 7.01. The van der Waals surface area contributed by atoms with E-state index in [0.29, 0.717) is 49.2 Å². The first-order chi connectivity index (χ1) is 11.5. The van der Waals surface area contributed by atoms with Crippen LogP contribution in [0.15, 0.2) is 24.4 Å². The number of aromatic nitrogens is 2. The fourth-order valence-corrected chi connectivity index (χ4v) is 3.24. The molecule has 0 spiro atoms. The normalized spacial score (nSPS) is 10.9. The summed E-state index contributed by atoms with van der Waals surface area (Å²) in [4.78, 5) is 8.46. The number of pyridine rings is 2. The van der Waals surface area contributed by atoms with E-state index >= 15 is 0 Å². The van der Waals surface area contributed by atoms with Crippen molar-refractivity contribution in [1.29, 1.82) is 0 Å². The Hall–Kier alpha value is -1.95. The molecule has 2 heterocycles. The SMILES string of the molecule is COc1cc(OC)c(Cl)c(-c2cc3cnc(Cl)cc3c(N)n2)c1Cl. The van der Waals surface area contributed by atoms with E-state index in [9.17, 15) is 0 Å². The maximum atomic E-state index is 6.42. The number of nitrogens with zero attached hydrogens (tertiary/aromatic N) is 2. The average Bonchev–Trinajstić information content (AvgIpc) is 2.56. The highest BCUT2D eigenvalue weighted by Crippen LogP contribution is 2.46. The Kier molecular flexibility index (Phi) is 4.58. The zero-order chi connectivity index (χ0) is 17.4. The van der Waals surface area contributed by atoms with Crippen molar-refractivity contribution in [2.75, 3.05) is 20.0 Å². The monoisotopic (exact) mass is 383 g/mol. The minimum absolute atomic E-state index is 0.292. The Balaban J connectivity index is 2.33. The van der Waals surface area contributed by atoms with Crippen molar-refractivity contribution in [2.24, 2.45) is 0 Å². The van der Waals surface area contributed by atoms with Gasteiger partial charge in [0.1, 0.15) is 22.5 Å². The number of nitrogen functional groups attached to an aromatic ring is 1. The van der Waals surface area contributed by atoms with Gasteiger partial charge in [-0.15, -0.1) is 0 Å². The van der Waals surface area contributed by atoms with Crippen molar-refractivity contribution in [3.8, 4) is 22.8 Å². The number of halogens is 3. The molecule has 0 radical (unpaired) electrons. The average molecular weight is 385 g/mol. The fourth-order valence-electron chi connectivity index (χ4n) is 2.39. The Morgan fingerprint density at radius 1 is 0.958 bits per heavy atom. The van der Waals surface area contributed by atoms with E-state index in [1.54, 1.807) is 24.4 Å². The Morgan fingerprint density at radius 3 is 2.17 bits per heavy atom. The quantitative estimate of drug-likeness (QED) is 0.653. The van der Waals surface area contributed by atoms with Gasteiger partial charge in [-0.2, -0.15) is 0 Å². The van der Waals surface area contributed by atoms with Gasteiger partial charge in [0.2, 0.25) is 0 Å². The molecular formula is C16H12Cl3N3O2. The van der Waals surface area contributed by atoms with Gasteiger partial charge in [0.15, 0.2) is 0 Å². The van der Waals surface area contributed by atoms with Crippen LogP contribution in [-0.4, -0.2) is 24.2 Å². The largest absolute Gasteiger partial charge is 0.495 e. The highest BCUT2D eigenvalue weighted by Gasteiger charge is 2.20. The summed E-state index contributed by atoms with van der Waals surface area (Å²) < 4.78 is 10.6. The highest BCUT2D eigenvalue weighted by molar-refractivity contribution is 6.41. The molecular weight excluding hydrogens is 373 g/mol. The summed E-state index contributed by atoms with van der Waals surface area (Å²) in [5.74, 6) is 1.13. The first-order valence-corrected chi connectivity index (χ1v) is 7.91. The van der Waals surface area contributed by atoms with E-state index in [0.717, 1.165) is 5.39 Å². The molecule has 0 bridgehead atoms. The van der Waals surface area contributed by atoms with E-state index in [1.807, 2.05) is 0 Å². The van der Waals surface area contributed by atoms with Crippen molar-refractivity contribution >= 4 is 51.4 Å². The predicted molar refractivity (Wildman–Crippen MR) is 97.5 cm³/mol. The summed E-state index contributed by atoms with van der Waals surface area (Å²) in [6, 6.07) is 5.04. The van der Waals surface area contributed by atoms with Gasteiger partial charge in [-0.05, 0) is 12.1 Å². The second-order valence-electron chi connectivity index (χ2n) is 4.90. The van der Waals surface area contributed by atoms with E-state index in [4.69, 9.17) is 50.0 Å². The number of hydrogen-bond donors (Lipinski definition) is 1. The third kappa shape index (κ3) is 2.79. The van der Waals surface area contributed by atoms with Gasteiger partial charge in [0, 0.05) is 28.6 Å². The molecule has 0 aliphatic heterocycles. The van der Waals surface area contributed by atoms with Gasteiger partial charge in [-0.1, -0.05) is 34.8 Å². The number of hydrogen-bond acceptors (Lipinski definition) is 5. The molecule has 0 amide bonds. The fraction of sp³-hybridized carbons (Fsp3) is 0.125. The van der Waals surface area contributed by atoms with Crippen molar-refractivity contribution in [3.05, 3.63) is 39.6 Å². The van der Waals surface area contributed by atoms with Crippen LogP contribution in [0.4, 0.5) is 5.82 Å². The molecule has 2 N–H and O–H groups in total. The predicted octanol–water partition coefficient (Wildman–Crippen LogP) is 4.86. The molecule has 24 heavy (non-hydrogen) atoms. The van der Waals surface area contributed by atoms with Gasteiger partial charge in [-0.25, -0.2) is 9.97 Å². The number of ether oxygens (including phenoxy) is 2. The van der Waals surface area contributed by atoms with E-state index in [1.165, 1.54) is 14.2 Å². The minimum atomic E-state index is 0.292. The lowest BCUT2D eigenvalue weighted by Gasteiger charge is -2.15. The molecule has 0 aliphatic carbocycles. The molecule has 3 aromatic rings. The lowest BCUT2D eigenvalue weighted by Crippen LogP contribution is -1.98. The topological polar surface area (TPSA) is 70.3 Å². The third-order valence-corrected chi connectivity index (χ3v) is 4.50. The number of anilines is 1. The highest BCUT2D eigenvalue weighted by atomic mass is 35.5. The first-order valence-electron chi connectivity index (χ1n) is 6.78. The van der Waals surface area contributed by atoms with Gasteiger partial charge in [0.25, 0.3) is 0 Å². The van der Waals surface area contributed by atoms with Gasteiger partial charge in [-0.3, -0.25) is 0 Å². The Morgan fingerprint density at radius 2 is 1.58 bits per heavy atom. The molecule has 0 saturated carbocycles. The molecule has 0 atom stereocenters. The second kappa shape index (κ2) is 6.51. The standard InChI is InChI=1S/C16H12Cl3N3O2/c1-23-10-5-11(24-2)15(19)13(14(10)18)9-3-7-6-21-12(17)4-8(7)16(20)22-9/h3-6H,1-2H3,(H2,20,22). The summed E-state index contributed by atoms with van der Waals surface area (Å²) >= 11 is 18.8. The molecule has 0 saturated heterocycles. The van der Waals surface area contributed by atoms with Crippen LogP contribution in [0, 0.1) is 0 Å². The van der Waals surface area contributed by atoms with Crippen LogP contribution in [-0.2, 0) is 0 Å². The smallest absolute Gasteiger partial charge is 0.141 e. The van der Waals surface area contributed by atoms with E-state index in [-0.39, 0.29) is 0 Å². The molecule has 0 unspecified atom stereocenters. The molecule has 0 fully saturated rings. The number of fused-ring (bicyclic) bond motifs is 1. The summed E-state index contributed by atoms with van der Waals surface area (Å²) in [6.07, 6.45) is 1.61. The second-order valence-corrected chi connectivity index (χ2v) is 6.05. The Labute approximate surface area is 153 Å². The molecule has 8 heteroatoms. The number of rotatable bonds is 3. The van der Waals surface area contributed by atoms with Gasteiger partial charge >= 0.3 is 0 Å². The van der Waals surface area contributed by atoms with Crippen LogP contribution in [0.3, 0.4) is 0 Å². The molecule has 0 aliphatic rings. The van der Waals surface area contributed by atoms with Crippen molar-refractivity contribution < 1.29 is 9.47 Å². The molecule has 124 valence electrons. The van der Waals surface area contributed by atoms with Crippen molar-refractivity contribution in [1.82, 2.24) is 9.97 Å². The van der Waals surface area contributed by atoms with E-state index in [2.05, 4.69) is 9.97 Å². The van der Waals surface area contributed by atoms with Crippen LogP contribution >= 0.6 is 34.8 Å². The summed E-state index contributed by atoms with van der Waals surface area (Å²) in [6.45, 7) is 0. The first kappa shape index (κ1) is 16.9. The zero-order valence-corrected chi connectivity index (χ0v) is 15.0. The lowest BCUT2D eigenvalue weighted by atomic mass is 10.1. The van der Waals surface area contributed by atoms with Crippen LogP contribution in [0.1, 0.15) is 0 Å². The zero-order valence-electron chi connectivity index (χ0n) is 12.7. The Bertz CT molecular complexity index is 919. The number of benzene rings is 1. The van der Waals surface area contributed by atoms with E-state index < -0.39 is 0 Å². The number of methoxy groups -OCH3 is 2. The molecule has 3 rings (SSSR count). The lowest BCUT2D eigenvalue weighted by molar-refractivity contribution is 0.395. The van der Waals surface area contributed by atoms with Crippen LogP contribution in [0.2, 0.25) is 15.2 Å². The van der Waals surface area contributed by atoms with Crippen molar-refractivity contribution in [3.63, 3.8) is 0 Å². The molecule has 2 aromatic heterocycles. The molecule has 5 nitrogen and oxygen atoms in total. The summed E-state index contributed by atoms with van der Waals surface area (Å²) in [5, 5.41) is 2.42. The van der Waals surface area contributed by atoms with Gasteiger partial charge in [0.05, 0.1) is 30.0 Å². The maximum Gasteiger partial charge on any atom is 0.141 e. The van der Waals surface area contributed by atoms with Crippen molar-refractivity contribution in [2.45, 2.75) is 0 Å². The third-order valence-electron chi connectivity index (χ3n) is 3.54. The van der Waals surface area contributed by atoms with Crippen LogP contribution in [0.5, 0.6) is 11.5 Å². The molecule has 1 aromatic carbocycles. The van der Waals surface area contributed by atoms with Crippen LogP contribution in [0.25, 0.3) is 22.0 Å². The summed E-state index contributed by atoms with van der Waals surface area (Å²) in [7, 11) is 3.01.